The zero-order valence-electron chi connectivity index (χ0n) is 18.0. The van der Waals surface area contributed by atoms with Crippen LogP contribution in [0.15, 0.2) is 60.9 Å². The van der Waals surface area contributed by atoms with Gasteiger partial charge in [0.1, 0.15) is 12.0 Å². The number of thiazole rings is 1. The van der Waals surface area contributed by atoms with E-state index in [9.17, 15) is 9.90 Å². The van der Waals surface area contributed by atoms with Crippen LogP contribution in [0, 0.1) is 5.41 Å². The Labute approximate surface area is 195 Å². The predicted molar refractivity (Wildman–Crippen MR) is 129 cm³/mol. The first-order chi connectivity index (χ1) is 16.1. The number of nitrogens with one attached hydrogen (secondary N) is 1. The van der Waals surface area contributed by atoms with E-state index in [0.29, 0.717) is 12.8 Å². The molecule has 1 aliphatic carbocycles. The normalized spacial score (nSPS) is 15.3. The standard InChI is InChI=1S/C25H24N4O3S/c30-22(31)25(12-4-1-5-13-25)16-32-23-26-14-18(15-27-23)17-8-10-19(11-9-17)28-24-29-20-6-2-3-7-21(20)33-24/h2-3,6-11,14-15H,1,4-5,12-13,16H2,(H,28,29)(H,30,31). The summed E-state index contributed by atoms with van der Waals surface area (Å²) in [5, 5.41) is 13.9. The molecule has 7 nitrogen and oxygen atoms in total. The summed E-state index contributed by atoms with van der Waals surface area (Å²) in [5.74, 6) is -0.793. The van der Waals surface area contributed by atoms with Crippen LogP contribution >= 0.6 is 11.3 Å². The monoisotopic (exact) mass is 460 g/mol. The Hall–Kier alpha value is -3.52. The lowest BCUT2D eigenvalue weighted by Gasteiger charge is -2.32. The van der Waals surface area contributed by atoms with E-state index in [0.717, 1.165) is 51.4 Å². The van der Waals surface area contributed by atoms with Gasteiger partial charge < -0.3 is 15.2 Å². The van der Waals surface area contributed by atoms with Gasteiger partial charge in [-0.05, 0) is 42.7 Å². The maximum absolute atomic E-state index is 11.8. The van der Waals surface area contributed by atoms with Crippen LogP contribution in [0.2, 0.25) is 0 Å². The zero-order chi connectivity index (χ0) is 22.7. The Kier molecular flexibility index (Phi) is 5.92. The summed E-state index contributed by atoms with van der Waals surface area (Å²) >= 11 is 1.62. The molecule has 0 saturated heterocycles. The first kappa shape index (κ1) is 21.3. The summed E-state index contributed by atoms with van der Waals surface area (Å²) < 4.78 is 6.84. The minimum absolute atomic E-state index is 0.105. The van der Waals surface area contributed by atoms with Crippen molar-refractivity contribution in [1.82, 2.24) is 15.0 Å². The number of fused-ring (bicyclic) bond motifs is 1. The Morgan fingerprint density at radius 1 is 1.00 bits per heavy atom. The number of aliphatic carboxylic acids is 1. The molecule has 168 valence electrons. The van der Waals surface area contributed by atoms with E-state index in [1.165, 1.54) is 0 Å². The van der Waals surface area contributed by atoms with Crippen molar-refractivity contribution in [2.24, 2.45) is 5.41 Å². The van der Waals surface area contributed by atoms with Gasteiger partial charge in [-0.2, -0.15) is 0 Å². The molecule has 0 radical (unpaired) electrons. The quantitative estimate of drug-likeness (QED) is 0.354. The van der Waals surface area contributed by atoms with Crippen molar-refractivity contribution in [3.05, 3.63) is 60.9 Å². The van der Waals surface area contributed by atoms with Gasteiger partial charge in [-0.25, -0.2) is 15.0 Å². The highest BCUT2D eigenvalue weighted by molar-refractivity contribution is 7.22. The highest BCUT2D eigenvalue weighted by Gasteiger charge is 2.40. The summed E-state index contributed by atoms with van der Waals surface area (Å²) in [6.07, 6.45) is 7.59. The molecule has 0 spiro atoms. The van der Waals surface area contributed by atoms with Crippen LogP contribution in [0.25, 0.3) is 21.3 Å². The third kappa shape index (κ3) is 4.66. The van der Waals surface area contributed by atoms with Gasteiger partial charge >= 0.3 is 12.0 Å². The molecule has 4 aromatic rings. The van der Waals surface area contributed by atoms with E-state index in [-0.39, 0.29) is 12.6 Å². The predicted octanol–water partition coefficient (Wildman–Crippen LogP) is 5.91. The van der Waals surface area contributed by atoms with Gasteiger partial charge in [-0.3, -0.25) is 4.79 Å². The molecule has 0 unspecified atom stereocenters. The molecular weight excluding hydrogens is 436 g/mol. The van der Waals surface area contributed by atoms with Crippen molar-refractivity contribution in [3.8, 4) is 17.1 Å². The number of hydrogen-bond donors (Lipinski definition) is 2. The highest BCUT2D eigenvalue weighted by atomic mass is 32.1. The van der Waals surface area contributed by atoms with E-state index in [4.69, 9.17) is 4.74 Å². The topological polar surface area (TPSA) is 97.2 Å². The second-order valence-electron chi connectivity index (χ2n) is 8.38. The zero-order valence-corrected chi connectivity index (χ0v) is 18.8. The number of carbonyl (C=O) groups is 1. The highest BCUT2D eigenvalue weighted by Crippen LogP contribution is 2.37. The minimum Gasteiger partial charge on any atom is -0.481 e. The van der Waals surface area contributed by atoms with E-state index >= 15 is 0 Å². The Balaban J connectivity index is 1.23. The number of ether oxygens (including phenoxy) is 1. The van der Waals surface area contributed by atoms with Crippen LogP contribution in [0.5, 0.6) is 6.01 Å². The van der Waals surface area contributed by atoms with E-state index in [1.54, 1.807) is 23.7 Å². The molecule has 1 aliphatic rings. The number of rotatable bonds is 7. The fourth-order valence-electron chi connectivity index (χ4n) is 4.19. The molecule has 0 atom stereocenters. The fraction of sp³-hybridized carbons (Fsp3) is 0.280. The van der Waals surface area contributed by atoms with Crippen LogP contribution in [-0.2, 0) is 4.79 Å². The number of para-hydroxylation sites is 1. The largest absolute Gasteiger partial charge is 0.481 e. The molecule has 5 rings (SSSR count). The second kappa shape index (κ2) is 9.15. The SMILES string of the molecule is O=C(O)C1(COc2ncc(-c3ccc(Nc4nc5ccccc5s4)cc3)cn2)CCCCC1. The lowest BCUT2D eigenvalue weighted by molar-refractivity contribution is -0.153. The molecule has 2 aromatic heterocycles. The lowest BCUT2D eigenvalue weighted by Crippen LogP contribution is -2.39. The third-order valence-electron chi connectivity index (χ3n) is 6.13. The average molecular weight is 461 g/mol. The number of carboxylic acids is 1. The smallest absolute Gasteiger partial charge is 0.316 e. The Bertz CT molecular complexity index is 1220. The van der Waals surface area contributed by atoms with Crippen molar-refractivity contribution in [2.75, 3.05) is 11.9 Å². The van der Waals surface area contributed by atoms with Gasteiger partial charge in [0.05, 0.1) is 10.2 Å². The molecule has 8 heteroatoms. The maximum Gasteiger partial charge on any atom is 0.316 e. The van der Waals surface area contributed by atoms with E-state index in [1.807, 2.05) is 42.5 Å². The molecule has 0 amide bonds. The van der Waals surface area contributed by atoms with Gasteiger partial charge in [0.15, 0.2) is 5.13 Å². The van der Waals surface area contributed by atoms with Crippen LogP contribution < -0.4 is 10.1 Å². The van der Waals surface area contributed by atoms with Gasteiger partial charge in [0, 0.05) is 23.6 Å². The lowest BCUT2D eigenvalue weighted by atomic mass is 9.75. The summed E-state index contributed by atoms with van der Waals surface area (Å²) in [5.41, 5.74) is 2.95. The summed E-state index contributed by atoms with van der Waals surface area (Å²) in [7, 11) is 0. The number of carboxylic acid groups (broad SMARTS) is 1. The minimum atomic E-state index is -0.827. The molecule has 1 fully saturated rings. The van der Waals surface area contributed by atoms with Gasteiger partial charge in [0.2, 0.25) is 0 Å². The second-order valence-corrected chi connectivity index (χ2v) is 9.41. The Morgan fingerprint density at radius 3 is 2.42 bits per heavy atom. The molecule has 2 N–H and O–H groups in total. The molecule has 33 heavy (non-hydrogen) atoms. The van der Waals surface area contributed by atoms with Crippen LogP contribution in [0.1, 0.15) is 32.1 Å². The number of nitrogens with zero attached hydrogens (tertiary/aromatic N) is 3. The fourth-order valence-corrected chi connectivity index (χ4v) is 5.07. The van der Waals surface area contributed by atoms with Crippen molar-refractivity contribution in [3.63, 3.8) is 0 Å². The average Bonchev–Trinajstić information content (AvgIpc) is 3.26. The number of hydrogen-bond acceptors (Lipinski definition) is 7. The third-order valence-corrected chi connectivity index (χ3v) is 7.09. The van der Waals surface area contributed by atoms with Crippen molar-refractivity contribution >= 4 is 38.3 Å². The summed E-state index contributed by atoms with van der Waals surface area (Å²) in [6.45, 7) is 0.105. The van der Waals surface area contributed by atoms with E-state index < -0.39 is 11.4 Å². The molecule has 0 aliphatic heterocycles. The van der Waals surface area contributed by atoms with Crippen molar-refractivity contribution in [1.29, 1.82) is 0 Å². The Morgan fingerprint density at radius 2 is 1.73 bits per heavy atom. The van der Waals surface area contributed by atoms with Crippen molar-refractivity contribution in [2.45, 2.75) is 32.1 Å². The number of benzene rings is 2. The number of anilines is 2. The van der Waals surface area contributed by atoms with Gasteiger partial charge in [-0.1, -0.05) is 54.9 Å². The number of aromatic nitrogens is 3. The van der Waals surface area contributed by atoms with Crippen LogP contribution in [0.3, 0.4) is 0 Å². The van der Waals surface area contributed by atoms with Gasteiger partial charge in [-0.15, -0.1) is 0 Å². The molecule has 2 aromatic carbocycles. The van der Waals surface area contributed by atoms with Crippen LogP contribution in [0.4, 0.5) is 10.8 Å². The van der Waals surface area contributed by atoms with Gasteiger partial charge in [0.25, 0.3) is 0 Å². The summed E-state index contributed by atoms with van der Waals surface area (Å²) in [6, 6.07) is 16.2. The van der Waals surface area contributed by atoms with E-state index in [2.05, 4.69) is 26.3 Å². The van der Waals surface area contributed by atoms with Crippen LogP contribution in [-0.4, -0.2) is 32.6 Å². The summed E-state index contributed by atoms with van der Waals surface area (Å²) in [4.78, 5) is 25.0. The maximum atomic E-state index is 11.8. The van der Waals surface area contributed by atoms with Crippen molar-refractivity contribution < 1.29 is 14.6 Å². The molecule has 1 saturated carbocycles. The molecule has 0 bridgehead atoms. The molecule has 2 heterocycles. The molecular formula is C25H24N4O3S. The first-order valence-electron chi connectivity index (χ1n) is 11.0. The first-order valence-corrected chi connectivity index (χ1v) is 11.8.